The molecule has 1 radical (unpaired) electrons. The Morgan fingerprint density at radius 2 is 2.36 bits per heavy atom. The monoisotopic (exact) mass is 168 g/mol. The maximum Gasteiger partial charge on any atom is 0.150 e. The number of hydroxylamine groups is 1. The average molecular weight is 169 g/mol. The third kappa shape index (κ3) is 1.32. The third-order valence-corrected chi connectivity index (χ3v) is 1.83. The Morgan fingerprint density at radius 3 is 3.27 bits per heavy atom. The van der Waals surface area contributed by atoms with Gasteiger partial charge in [-0.2, -0.15) is 5.48 Å². The van der Waals surface area contributed by atoms with Gasteiger partial charge in [0.25, 0.3) is 0 Å². The molecule has 1 aliphatic heterocycles. The van der Waals surface area contributed by atoms with Crippen LogP contribution in [0.2, 0.25) is 5.02 Å². The first-order valence-corrected chi connectivity index (χ1v) is 3.76. The van der Waals surface area contributed by atoms with Crippen molar-refractivity contribution in [3.8, 4) is 5.75 Å². The van der Waals surface area contributed by atoms with Crippen molar-refractivity contribution in [3.63, 3.8) is 0 Å². The fourth-order valence-electron chi connectivity index (χ4n) is 1.06. The highest BCUT2D eigenvalue weighted by molar-refractivity contribution is 6.30. The lowest BCUT2D eigenvalue weighted by Crippen LogP contribution is -2.21. The number of halogens is 1. The van der Waals surface area contributed by atoms with Gasteiger partial charge in [0.05, 0.1) is 6.54 Å². The molecule has 0 fully saturated rings. The Balaban J connectivity index is 2.43. The molecule has 1 aliphatic rings. The number of fused-ring (bicyclic) bond motifs is 1. The largest absolute Gasteiger partial charge is 0.408 e. The van der Waals surface area contributed by atoms with Crippen LogP contribution < -0.4 is 10.3 Å². The Labute approximate surface area is 70.1 Å². The molecule has 0 aromatic heterocycles. The van der Waals surface area contributed by atoms with E-state index in [2.05, 4.69) is 5.48 Å². The van der Waals surface area contributed by atoms with E-state index < -0.39 is 0 Å². The molecular formula is C8H7ClNO. The van der Waals surface area contributed by atoms with Crippen LogP contribution >= 0.6 is 11.6 Å². The molecule has 0 aliphatic carbocycles. The van der Waals surface area contributed by atoms with Gasteiger partial charge in [0.15, 0.2) is 5.75 Å². The van der Waals surface area contributed by atoms with Crippen molar-refractivity contribution in [1.82, 2.24) is 5.48 Å². The van der Waals surface area contributed by atoms with Crippen LogP contribution in [0.1, 0.15) is 5.56 Å². The zero-order chi connectivity index (χ0) is 7.68. The second-order valence-corrected chi connectivity index (χ2v) is 2.82. The van der Waals surface area contributed by atoms with Gasteiger partial charge < -0.3 is 4.84 Å². The Kier molecular flexibility index (Phi) is 1.72. The fraction of sp³-hybridized carbons (Fsp3) is 0.125. The van der Waals surface area contributed by atoms with Gasteiger partial charge in [-0.05, 0) is 30.2 Å². The van der Waals surface area contributed by atoms with E-state index in [-0.39, 0.29) is 0 Å². The molecular weight excluding hydrogens is 162 g/mol. The molecule has 57 valence electrons. The Hall–Kier alpha value is -0.730. The molecule has 0 spiro atoms. The van der Waals surface area contributed by atoms with Gasteiger partial charge in [-0.1, -0.05) is 11.6 Å². The molecule has 0 unspecified atom stereocenters. The molecule has 1 N–H and O–H groups in total. The molecule has 1 heterocycles. The summed E-state index contributed by atoms with van der Waals surface area (Å²) in [7, 11) is 0. The number of rotatable bonds is 0. The second kappa shape index (κ2) is 2.72. The van der Waals surface area contributed by atoms with Crippen LogP contribution in [0.15, 0.2) is 18.2 Å². The standard InChI is InChI=1S/C8H7ClNO/c9-7-1-2-8-6(5-7)3-4-10-11-8/h1-2,4-5,10H,3H2. The van der Waals surface area contributed by atoms with Gasteiger partial charge >= 0.3 is 0 Å². The van der Waals surface area contributed by atoms with Crippen LogP contribution in [0.3, 0.4) is 0 Å². The van der Waals surface area contributed by atoms with Gasteiger partial charge in [0.1, 0.15) is 0 Å². The minimum atomic E-state index is 0.752. The smallest absolute Gasteiger partial charge is 0.150 e. The second-order valence-electron chi connectivity index (χ2n) is 2.38. The molecule has 1 aromatic carbocycles. The molecule has 0 amide bonds. The van der Waals surface area contributed by atoms with Crippen molar-refractivity contribution < 1.29 is 4.84 Å². The minimum absolute atomic E-state index is 0.752. The highest BCUT2D eigenvalue weighted by atomic mass is 35.5. The van der Waals surface area contributed by atoms with Crippen molar-refractivity contribution in [2.75, 3.05) is 0 Å². The summed E-state index contributed by atoms with van der Waals surface area (Å²) in [6, 6.07) is 5.58. The first kappa shape index (κ1) is 6.95. The lowest BCUT2D eigenvalue weighted by atomic mass is 10.1. The fourth-order valence-corrected chi connectivity index (χ4v) is 1.26. The maximum atomic E-state index is 5.79. The zero-order valence-electron chi connectivity index (χ0n) is 5.80. The summed E-state index contributed by atoms with van der Waals surface area (Å²) in [6.45, 7) is 1.85. The quantitative estimate of drug-likeness (QED) is 0.639. The summed E-state index contributed by atoms with van der Waals surface area (Å²) in [6.07, 6.45) is 0.857. The van der Waals surface area contributed by atoms with Gasteiger partial charge in [-0.25, -0.2) is 0 Å². The van der Waals surface area contributed by atoms with Crippen LogP contribution in [0.25, 0.3) is 0 Å². The predicted molar refractivity (Wildman–Crippen MR) is 43.2 cm³/mol. The van der Waals surface area contributed by atoms with Gasteiger partial charge in [0, 0.05) is 5.02 Å². The SMILES string of the molecule is Clc1ccc2c(c1)C[CH]NO2. The van der Waals surface area contributed by atoms with E-state index in [1.165, 1.54) is 0 Å². The molecule has 2 nitrogen and oxygen atoms in total. The minimum Gasteiger partial charge on any atom is -0.408 e. The summed E-state index contributed by atoms with van der Waals surface area (Å²) >= 11 is 5.79. The average Bonchev–Trinajstić information content (AvgIpc) is 2.04. The van der Waals surface area contributed by atoms with Gasteiger partial charge in [0.2, 0.25) is 0 Å². The van der Waals surface area contributed by atoms with Gasteiger partial charge in [-0.3, -0.25) is 0 Å². The van der Waals surface area contributed by atoms with E-state index in [1.54, 1.807) is 0 Å². The van der Waals surface area contributed by atoms with E-state index in [0.29, 0.717) is 0 Å². The molecule has 2 rings (SSSR count). The predicted octanol–water partition coefficient (Wildman–Crippen LogP) is 1.94. The molecule has 0 saturated heterocycles. The van der Waals surface area contributed by atoms with Crippen molar-refractivity contribution in [3.05, 3.63) is 35.3 Å². The summed E-state index contributed by atoms with van der Waals surface area (Å²) in [4.78, 5) is 5.11. The number of nitrogens with one attached hydrogen (secondary N) is 1. The van der Waals surface area contributed by atoms with Crippen molar-refractivity contribution in [2.45, 2.75) is 6.42 Å². The van der Waals surface area contributed by atoms with E-state index in [0.717, 1.165) is 22.8 Å². The summed E-state index contributed by atoms with van der Waals surface area (Å²) in [5, 5.41) is 0.752. The van der Waals surface area contributed by atoms with E-state index >= 15 is 0 Å². The maximum absolute atomic E-state index is 5.79. The molecule has 0 atom stereocenters. The molecule has 11 heavy (non-hydrogen) atoms. The molecule has 0 bridgehead atoms. The molecule has 1 aromatic rings. The topological polar surface area (TPSA) is 21.3 Å². The van der Waals surface area contributed by atoms with Crippen LogP contribution in [-0.2, 0) is 6.42 Å². The Morgan fingerprint density at radius 1 is 1.45 bits per heavy atom. The normalized spacial score (nSPS) is 15.4. The van der Waals surface area contributed by atoms with Crippen molar-refractivity contribution >= 4 is 11.6 Å². The van der Waals surface area contributed by atoms with Crippen LogP contribution in [-0.4, -0.2) is 0 Å². The lowest BCUT2D eigenvalue weighted by Gasteiger charge is -2.16. The van der Waals surface area contributed by atoms with Gasteiger partial charge in [-0.15, -0.1) is 0 Å². The lowest BCUT2D eigenvalue weighted by molar-refractivity contribution is 0.207. The third-order valence-electron chi connectivity index (χ3n) is 1.60. The first-order valence-electron chi connectivity index (χ1n) is 3.39. The van der Waals surface area contributed by atoms with Crippen LogP contribution in [0, 0.1) is 6.54 Å². The summed E-state index contributed by atoms with van der Waals surface area (Å²) in [5.41, 5.74) is 3.81. The van der Waals surface area contributed by atoms with Crippen LogP contribution in [0.4, 0.5) is 0 Å². The Bertz CT molecular complexity index is 275. The molecule has 0 saturated carbocycles. The van der Waals surface area contributed by atoms with E-state index in [1.807, 2.05) is 24.7 Å². The van der Waals surface area contributed by atoms with Crippen molar-refractivity contribution in [2.24, 2.45) is 0 Å². The highest BCUT2D eigenvalue weighted by Crippen LogP contribution is 2.25. The van der Waals surface area contributed by atoms with E-state index in [9.17, 15) is 0 Å². The zero-order valence-corrected chi connectivity index (χ0v) is 6.56. The summed E-state index contributed by atoms with van der Waals surface area (Å²) < 4.78 is 0. The summed E-state index contributed by atoms with van der Waals surface area (Å²) in [5.74, 6) is 0.858. The van der Waals surface area contributed by atoms with Crippen LogP contribution in [0.5, 0.6) is 5.75 Å². The first-order chi connectivity index (χ1) is 5.36. The van der Waals surface area contributed by atoms with E-state index in [4.69, 9.17) is 16.4 Å². The number of hydrogen-bond acceptors (Lipinski definition) is 2. The highest BCUT2D eigenvalue weighted by Gasteiger charge is 2.09. The number of benzene rings is 1. The number of hydrogen-bond donors (Lipinski definition) is 1. The molecule has 3 heteroatoms. The van der Waals surface area contributed by atoms with Crippen molar-refractivity contribution in [1.29, 1.82) is 0 Å².